The van der Waals surface area contributed by atoms with Gasteiger partial charge in [-0.25, -0.2) is 14.7 Å². The van der Waals surface area contributed by atoms with Gasteiger partial charge in [0, 0.05) is 36.9 Å². The lowest BCUT2D eigenvalue weighted by atomic mass is 9.99. The second kappa shape index (κ2) is 11.7. The predicted octanol–water partition coefficient (Wildman–Crippen LogP) is 3.98. The molecule has 0 aromatic carbocycles. The van der Waals surface area contributed by atoms with Gasteiger partial charge < -0.3 is 15.2 Å². The molecule has 9 heteroatoms. The average Bonchev–Trinajstić information content (AvgIpc) is 3.34. The van der Waals surface area contributed by atoms with Crippen molar-refractivity contribution >= 4 is 29.9 Å². The predicted molar refractivity (Wildman–Crippen MR) is 129 cm³/mol. The maximum absolute atomic E-state index is 5.50. The first-order chi connectivity index (χ1) is 14.0. The van der Waals surface area contributed by atoms with Crippen LogP contribution in [-0.4, -0.2) is 38.5 Å². The molecular weight excluding hydrogens is 493 g/mol. The molecule has 3 heterocycles. The van der Waals surface area contributed by atoms with Gasteiger partial charge in [0.1, 0.15) is 12.4 Å². The highest BCUT2D eigenvalue weighted by Crippen LogP contribution is 2.22. The van der Waals surface area contributed by atoms with Crippen molar-refractivity contribution in [2.24, 2.45) is 4.99 Å². The van der Waals surface area contributed by atoms with Gasteiger partial charge in [0.05, 0.1) is 12.2 Å². The molecule has 0 amide bonds. The van der Waals surface area contributed by atoms with Gasteiger partial charge >= 0.3 is 0 Å². The first-order valence-corrected chi connectivity index (χ1v) is 11.0. The molecule has 30 heavy (non-hydrogen) atoms. The fourth-order valence-electron chi connectivity index (χ4n) is 3.66. The highest BCUT2D eigenvalue weighted by molar-refractivity contribution is 14.0. The van der Waals surface area contributed by atoms with Gasteiger partial charge in [-0.3, -0.25) is 0 Å². The molecule has 1 atom stereocenters. The monoisotopic (exact) mass is 529 g/mol. The Kier molecular flexibility index (Phi) is 9.57. The van der Waals surface area contributed by atoms with Crippen LogP contribution in [0.2, 0.25) is 0 Å². The van der Waals surface area contributed by atoms with E-state index in [0.29, 0.717) is 18.4 Å². The quantitative estimate of drug-likeness (QED) is 0.305. The summed E-state index contributed by atoms with van der Waals surface area (Å²) in [5.41, 5.74) is 1.03. The van der Waals surface area contributed by atoms with Crippen molar-refractivity contribution in [2.45, 2.75) is 91.3 Å². The summed E-state index contributed by atoms with van der Waals surface area (Å²) in [6, 6.07) is 2.32. The fraction of sp³-hybridized carbons (Fsp3) is 0.714. The third-order valence-electron chi connectivity index (χ3n) is 5.45. The smallest absolute Gasteiger partial charge is 0.191 e. The number of fused-ring (bicyclic) bond motifs is 1. The summed E-state index contributed by atoms with van der Waals surface area (Å²) in [7, 11) is 0. The molecule has 0 spiro atoms. The third kappa shape index (κ3) is 6.18. The van der Waals surface area contributed by atoms with Crippen molar-refractivity contribution in [3.05, 3.63) is 29.2 Å². The van der Waals surface area contributed by atoms with Gasteiger partial charge in [-0.15, -0.1) is 24.0 Å². The number of guanidine groups is 1. The summed E-state index contributed by atoms with van der Waals surface area (Å²) in [4.78, 5) is 9.37. The molecule has 0 radical (unpaired) electrons. The first-order valence-electron chi connectivity index (χ1n) is 11.0. The Morgan fingerprint density at radius 1 is 1.30 bits per heavy atom. The number of hydrogen-bond acceptors (Lipinski definition) is 5. The van der Waals surface area contributed by atoms with E-state index in [9.17, 15) is 0 Å². The van der Waals surface area contributed by atoms with E-state index >= 15 is 0 Å². The van der Waals surface area contributed by atoms with E-state index in [1.807, 2.05) is 10.7 Å². The number of halogens is 1. The summed E-state index contributed by atoms with van der Waals surface area (Å²) in [5, 5.41) is 15.8. The fourth-order valence-corrected chi connectivity index (χ4v) is 3.66. The molecule has 2 aromatic rings. The minimum absolute atomic E-state index is 0. The van der Waals surface area contributed by atoms with Crippen molar-refractivity contribution in [3.8, 4) is 0 Å². The summed E-state index contributed by atoms with van der Waals surface area (Å²) in [6.07, 6.45) is 4.08. The zero-order valence-electron chi connectivity index (χ0n) is 18.8. The van der Waals surface area contributed by atoms with Crippen molar-refractivity contribution < 1.29 is 4.52 Å². The number of aryl methyl sites for hydroxylation is 1. The van der Waals surface area contributed by atoms with Crippen LogP contribution >= 0.6 is 24.0 Å². The van der Waals surface area contributed by atoms with Crippen LogP contribution in [0.25, 0.3) is 0 Å². The van der Waals surface area contributed by atoms with Crippen molar-refractivity contribution in [1.82, 2.24) is 30.6 Å². The van der Waals surface area contributed by atoms with E-state index in [1.54, 1.807) is 0 Å². The zero-order valence-corrected chi connectivity index (χ0v) is 21.1. The zero-order chi connectivity index (χ0) is 20.8. The summed E-state index contributed by atoms with van der Waals surface area (Å²) >= 11 is 0. The van der Waals surface area contributed by atoms with E-state index in [-0.39, 0.29) is 30.0 Å². The van der Waals surface area contributed by atoms with Crippen LogP contribution in [-0.2, 0) is 19.5 Å². The highest BCUT2D eigenvalue weighted by atomic mass is 127. The molecule has 0 fully saturated rings. The van der Waals surface area contributed by atoms with Crippen LogP contribution in [0, 0.1) is 0 Å². The van der Waals surface area contributed by atoms with Crippen molar-refractivity contribution in [2.75, 3.05) is 6.54 Å². The normalized spacial score (nSPS) is 16.5. The Labute approximate surface area is 196 Å². The van der Waals surface area contributed by atoms with Crippen LogP contribution in [0.5, 0.6) is 0 Å². The molecule has 0 saturated carbocycles. The van der Waals surface area contributed by atoms with Gasteiger partial charge in [0.2, 0.25) is 0 Å². The number of aromatic nitrogens is 4. The van der Waals surface area contributed by atoms with Gasteiger partial charge in [-0.2, -0.15) is 5.10 Å². The van der Waals surface area contributed by atoms with Crippen molar-refractivity contribution in [3.63, 3.8) is 0 Å². The van der Waals surface area contributed by atoms with E-state index in [4.69, 9.17) is 9.52 Å². The van der Waals surface area contributed by atoms with E-state index < -0.39 is 0 Å². The molecule has 1 aliphatic rings. The van der Waals surface area contributed by atoms with Gasteiger partial charge in [0.25, 0.3) is 0 Å². The third-order valence-corrected chi connectivity index (χ3v) is 5.45. The average molecular weight is 529 g/mol. The topological polar surface area (TPSA) is 93.2 Å². The molecule has 8 nitrogen and oxygen atoms in total. The lowest BCUT2D eigenvalue weighted by Crippen LogP contribution is -2.47. The SMILES string of the molecule is CCNC(=NCc1cc(C(CC)CC)no1)NC1CCc2nc(C(C)C)nn2C1.I. The van der Waals surface area contributed by atoms with Gasteiger partial charge in [-0.05, 0) is 26.2 Å². The van der Waals surface area contributed by atoms with Crippen LogP contribution in [0.15, 0.2) is 15.6 Å². The molecule has 2 N–H and O–H groups in total. The number of nitrogens with zero attached hydrogens (tertiary/aromatic N) is 5. The molecule has 0 bridgehead atoms. The highest BCUT2D eigenvalue weighted by Gasteiger charge is 2.23. The largest absolute Gasteiger partial charge is 0.359 e. The Morgan fingerprint density at radius 3 is 2.73 bits per heavy atom. The Balaban J connectivity index is 0.00000320. The Hall–Kier alpha value is -1.65. The molecule has 1 unspecified atom stereocenters. The number of aliphatic imine (C=N–C) groups is 1. The second-order valence-electron chi connectivity index (χ2n) is 8.03. The van der Waals surface area contributed by atoms with Crippen LogP contribution < -0.4 is 10.6 Å². The summed E-state index contributed by atoms with van der Waals surface area (Å²) in [6.45, 7) is 12.8. The number of nitrogens with one attached hydrogen (secondary N) is 2. The van der Waals surface area contributed by atoms with Gasteiger partial charge in [-0.1, -0.05) is 32.9 Å². The minimum atomic E-state index is 0. The van der Waals surface area contributed by atoms with Crippen molar-refractivity contribution in [1.29, 1.82) is 0 Å². The molecular formula is C21H36IN7O. The number of rotatable bonds is 8. The second-order valence-corrected chi connectivity index (χ2v) is 8.03. The molecule has 0 aliphatic carbocycles. The van der Waals surface area contributed by atoms with Gasteiger partial charge in [0.15, 0.2) is 17.5 Å². The minimum Gasteiger partial charge on any atom is -0.359 e. The molecule has 3 rings (SSSR count). The Morgan fingerprint density at radius 2 is 2.07 bits per heavy atom. The van der Waals surface area contributed by atoms with E-state index in [1.165, 1.54) is 0 Å². The molecule has 1 aliphatic heterocycles. The van der Waals surface area contributed by atoms with E-state index in [2.05, 4.69) is 60.5 Å². The van der Waals surface area contributed by atoms with Crippen LogP contribution in [0.4, 0.5) is 0 Å². The summed E-state index contributed by atoms with van der Waals surface area (Å²) < 4.78 is 7.54. The lowest BCUT2D eigenvalue weighted by Gasteiger charge is -2.25. The van der Waals surface area contributed by atoms with Crippen LogP contribution in [0.1, 0.15) is 88.8 Å². The Bertz CT molecular complexity index is 810. The molecule has 2 aromatic heterocycles. The van der Waals surface area contributed by atoms with E-state index in [0.717, 1.165) is 67.8 Å². The molecule has 168 valence electrons. The first kappa shape index (κ1) is 24.6. The molecule has 0 saturated heterocycles. The maximum atomic E-state index is 5.50. The summed E-state index contributed by atoms with van der Waals surface area (Å²) in [5.74, 6) is 4.42. The standard InChI is InChI=1S/C21H35N7O.HI/c1-6-15(7-2)18-11-17(29-27-18)12-23-21(22-8-3)24-16-9-10-19-25-20(14(4)5)26-28(19)13-16;/h11,14-16H,6-10,12-13H2,1-5H3,(H2,22,23,24);1H. The number of hydrogen-bond donors (Lipinski definition) is 2. The van der Waals surface area contributed by atoms with Crippen LogP contribution in [0.3, 0.4) is 0 Å². The lowest BCUT2D eigenvalue weighted by molar-refractivity contribution is 0.371. The maximum Gasteiger partial charge on any atom is 0.191 e.